The molecule has 2 aromatic carbocycles. The zero-order valence-electron chi connectivity index (χ0n) is 14.6. The van der Waals surface area contributed by atoms with Gasteiger partial charge in [0.05, 0.1) is 6.54 Å². The molecule has 4 nitrogen and oxygen atoms in total. The Morgan fingerprint density at radius 1 is 1.16 bits per heavy atom. The maximum Gasteiger partial charge on any atom is 0.251 e. The minimum absolute atomic E-state index is 0.0718. The molecular formula is C21H23NO3. The van der Waals surface area contributed by atoms with E-state index in [4.69, 9.17) is 4.42 Å². The number of para-hydroxylation sites is 1. The molecule has 1 amide bonds. The van der Waals surface area contributed by atoms with Gasteiger partial charge in [-0.05, 0) is 43.2 Å². The number of hydrogen-bond acceptors (Lipinski definition) is 3. The molecule has 0 saturated carbocycles. The van der Waals surface area contributed by atoms with Gasteiger partial charge in [0.15, 0.2) is 0 Å². The van der Waals surface area contributed by atoms with E-state index >= 15 is 0 Å². The number of hydrogen-bond donors (Lipinski definition) is 2. The maximum absolute atomic E-state index is 12.3. The minimum atomic E-state index is -1.28. The van der Waals surface area contributed by atoms with Gasteiger partial charge in [0.1, 0.15) is 16.9 Å². The summed E-state index contributed by atoms with van der Waals surface area (Å²) in [5.74, 6) is 0.228. The Morgan fingerprint density at radius 2 is 1.88 bits per heavy atom. The van der Waals surface area contributed by atoms with E-state index in [0.29, 0.717) is 11.3 Å². The number of carbonyl (C=O) groups is 1. The second-order valence-corrected chi connectivity index (χ2v) is 6.55. The summed E-state index contributed by atoms with van der Waals surface area (Å²) in [4.78, 5) is 12.3. The normalized spacial score (nSPS) is 13.6. The van der Waals surface area contributed by atoms with Crippen LogP contribution in [0.5, 0.6) is 0 Å². The molecule has 0 bridgehead atoms. The van der Waals surface area contributed by atoms with E-state index in [-0.39, 0.29) is 12.5 Å². The maximum atomic E-state index is 12.3. The van der Waals surface area contributed by atoms with Gasteiger partial charge >= 0.3 is 0 Å². The second-order valence-electron chi connectivity index (χ2n) is 6.55. The Morgan fingerprint density at radius 3 is 2.56 bits per heavy atom. The molecule has 4 heteroatoms. The molecule has 1 heterocycles. The topological polar surface area (TPSA) is 62.5 Å². The number of amides is 1. The van der Waals surface area contributed by atoms with Crippen molar-refractivity contribution >= 4 is 16.9 Å². The molecule has 0 aliphatic heterocycles. The van der Waals surface area contributed by atoms with Crippen LogP contribution in [0.1, 0.15) is 41.9 Å². The third kappa shape index (κ3) is 3.91. The van der Waals surface area contributed by atoms with Crippen LogP contribution < -0.4 is 5.32 Å². The third-order valence-electron chi connectivity index (χ3n) is 4.30. The van der Waals surface area contributed by atoms with Gasteiger partial charge < -0.3 is 14.8 Å². The molecule has 0 spiro atoms. The average Bonchev–Trinajstić information content (AvgIpc) is 3.06. The van der Waals surface area contributed by atoms with Gasteiger partial charge in [0.25, 0.3) is 5.91 Å². The van der Waals surface area contributed by atoms with Crippen molar-refractivity contribution < 1.29 is 14.3 Å². The molecule has 1 atom stereocenters. The number of carbonyl (C=O) groups excluding carboxylic acids is 1. The summed E-state index contributed by atoms with van der Waals surface area (Å²) >= 11 is 0. The predicted molar refractivity (Wildman–Crippen MR) is 98.6 cm³/mol. The molecule has 1 unspecified atom stereocenters. The molecule has 0 saturated heterocycles. The van der Waals surface area contributed by atoms with Gasteiger partial charge in [-0.3, -0.25) is 4.79 Å². The van der Waals surface area contributed by atoms with E-state index in [2.05, 4.69) is 12.2 Å². The minimum Gasteiger partial charge on any atom is -0.458 e. The highest BCUT2D eigenvalue weighted by molar-refractivity contribution is 5.94. The van der Waals surface area contributed by atoms with Gasteiger partial charge in [-0.2, -0.15) is 0 Å². The number of furan rings is 1. The standard InChI is InChI=1S/C21H23NO3/c1-3-6-15-9-11-16(12-10-15)20(23)22-14-21(2,24)19-13-17-7-4-5-8-18(17)25-19/h4-5,7-13,24H,3,6,14H2,1-2H3,(H,22,23). The van der Waals surface area contributed by atoms with Gasteiger partial charge in [0.2, 0.25) is 0 Å². The Hall–Kier alpha value is -2.59. The number of fused-ring (bicyclic) bond motifs is 1. The molecule has 2 N–H and O–H groups in total. The fraction of sp³-hybridized carbons (Fsp3) is 0.286. The highest BCUT2D eigenvalue weighted by Crippen LogP contribution is 2.27. The first kappa shape index (κ1) is 17.2. The van der Waals surface area contributed by atoms with Crippen molar-refractivity contribution in [3.05, 3.63) is 71.5 Å². The summed E-state index contributed by atoms with van der Waals surface area (Å²) in [5, 5.41) is 14.4. The zero-order chi connectivity index (χ0) is 17.9. The monoisotopic (exact) mass is 337 g/mol. The lowest BCUT2D eigenvalue weighted by molar-refractivity contribution is 0.0344. The molecule has 1 aromatic heterocycles. The fourth-order valence-corrected chi connectivity index (χ4v) is 2.80. The molecule has 0 aliphatic carbocycles. The number of rotatable bonds is 6. The molecule has 130 valence electrons. The van der Waals surface area contributed by atoms with Crippen molar-refractivity contribution in [1.29, 1.82) is 0 Å². The number of aryl methyl sites for hydroxylation is 1. The molecule has 25 heavy (non-hydrogen) atoms. The van der Waals surface area contributed by atoms with Crippen LogP contribution in [0.3, 0.4) is 0 Å². The van der Waals surface area contributed by atoms with Crippen LogP contribution in [-0.4, -0.2) is 17.6 Å². The Balaban J connectivity index is 1.67. The average molecular weight is 337 g/mol. The van der Waals surface area contributed by atoms with Crippen LogP contribution >= 0.6 is 0 Å². The van der Waals surface area contributed by atoms with E-state index in [9.17, 15) is 9.90 Å². The summed E-state index contributed by atoms with van der Waals surface area (Å²) in [7, 11) is 0. The van der Waals surface area contributed by atoms with E-state index < -0.39 is 5.60 Å². The summed E-state index contributed by atoms with van der Waals surface area (Å²) in [6.07, 6.45) is 2.08. The molecule has 3 aromatic rings. The van der Waals surface area contributed by atoms with Gasteiger partial charge in [-0.15, -0.1) is 0 Å². The molecular weight excluding hydrogens is 314 g/mol. The second kappa shape index (κ2) is 7.11. The quantitative estimate of drug-likeness (QED) is 0.714. The SMILES string of the molecule is CCCc1ccc(C(=O)NCC(C)(O)c2cc3ccccc3o2)cc1. The Labute approximate surface area is 147 Å². The molecule has 3 rings (SSSR count). The summed E-state index contributed by atoms with van der Waals surface area (Å²) < 4.78 is 5.71. The molecule has 0 fully saturated rings. The lowest BCUT2D eigenvalue weighted by Crippen LogP contribution is -2.38. The summed E-state index contributed by atoms with van der Waals surface area (Å²) in [6.45, 7) is 3.83. The van der Waals surface area contributed by atoms with Crippen LogP contribution in [-0.2, 0) is 12.0 Å². The lowest BCUT2D eigenvalue weighted by Gasteiger charge is -2.21. The zero-order valence-corrected chi connectivity index (χ0v) is 14.6. The van der Waals surface area contributed by atoms with Crippen molar-refractivity contribution in [2.24, 2.45) is 0 Å². The summed E-state index contributed by atoms with van der Waals surface area (Å²) in [5.41, 5.74) is 1.24. The number of benzene rings is 2. The molecule has 0 radical (unpaired) electrons. The summed E-state index contributed by atoms with van der Waals surface area (Å²) in [6, 6.07) is 17.0. The van der Waals surface area contributed by atoms with Gasteiger partial charge in [0, 0.05) is 10.9 Å². The van der Waals surface area contributed by atoms with E-state index in [0.717, 1.165) is 23.8 Å². The van der Waals surface area contributed by atoms with E-state index in [1.807, 2.05) is 48.5 Å². The fourth-order valence-electron chi connectivity index (χ4n) is 2.80. The van der Waals surface area contributed by atoms with Crippen LogP contribution in [0, 0.1) is 0 Å². The van der Waals surface area contributed by atoms with Crippen molar-refractivity contribution in [2.45, 2.75) is 32.3 Å². The van der Waals surface area contributed by atoms with Crippen LogP contribution in [0.2, 0.25) is 0 Å². The van der Waals surface area contributed by atoms with Crippen molar-refractivity contribution in [1.82, 2.24) is 5.32 Å². The highest BCUT2D eigenvalue weighted by atomic mass is 16.4. The predicted octanol–water partition coefficient (Wildman–Crippen LogP) is 4.02. The van der Waals surface area contributed by atoms with Crippen LogP contribution in [0.15, 0.2) is 59.0 Å². The van der Waals surface area contributed by atoms with Crippen molar-refractivity contribution in [3.8, 4) is 0 Å². The highest BCUT2D eigenvalue weighted by Gasteiger charge is 2.28. The Bertz CT molecular complexity index is 829. The smallest absolute Gasteiger partial charge is 0.251 e. The van der Waals surface area contributed by atoms with Gasteiger partial charge in [-0.25, -0.2) is 0 Å². The van der Waals surface area contributed by atoms with E-state index in [1.54, 1.807) is 13.0 Å². The van der Waals surface area contributed by atoms with Crippen molar-refractivity contribution in [3.63, 3.8) is 0 Å². The first-order chi connectivity index (χ1) is 12.0. The van der Waals surface area contributed by atoms with Crippen LogP contribution in [0.4, 0.5) is 0 Å². The lowest BCUT2D eigenvalue weighted by atomic mass is 10.0. The Kier molecular flexibility index (Phi) is 4.91. The first-order valence-corrected chi connectivity index (χ1v) is 8.58. The molecule has 0 aliphatic rings. The van der Waals surface area contributed by atoms with Crippen molar-refractivity contribution in [2.75, 3.05) is 6.54 Å². The number of aliphatic hydroxyl groups is 1. The van der Waals surface area contributed by atoms with Crippen LogP contribution in [0.25, 0.3) is 11.0 Å². The van der Waals surface area contributed by atoms with E-state index in [1.165, 1.54) is 5.56 Å². The first-order valence-electron chi connectivity index (χ1n) is 8.58. The number of nitrogens with one attached hydrogen (secondary N) is 1. The van der Waals surface area contributed by atoms with Gasteiger partial charge in [-0.1, -0.05) is 43.7 Å². The third-order valence-corrected chi connectivity index (χ3v) is 4.30. The largest absolute Gasteiger partial charge is 0.458 e.